The highest BCUT2D eigenvalue weighted by Crippen LogP contribution is 2.30. The first kappa shape index (κ1) is 17.2. The molecule has 2 N–H and O–H groups in total. The number of nitrogens with one attached hydrogen (secondary N) is 1. The third kappa shape index (κ3) is 6.25. The van der Waals surface area contributed by atoms with Crippen molar-refractivity contribution in [3.8, 4) is 0 Å². The Kier molecular flexibility index (Phi) is 6.10. The van der Waals surface area contributed by atoms with Crippen molar-refractivity contribution >= 4 is 0 Å². The largest absolute Gasteiger partial charge is 0.394 e. The van der Waals surface area contributed by atoms with Crippen LogP contribution in [0.4, 0.5) is 0 Å². The molecule has 21 heavy (non-hydrogen) atoms. The number of likely N-dealkylation sites (tertiary alicyclic amines) is 1. The van der Waals surface area contributed by atoms with Crippen LogP contribution in [-0.4, -0.2) is 47.8 Å². The first-order valence-corrected chi connectivity index (χ1v) is 9.03. The zero-order valence-electron chi connectivity index (χ0n) is 14.5. The van der Waals surface area contributed by atoms with Crippen molar-refractivity contribution in [1.82, 2.24) is 10.2 Å². The SMILES string of the molecule is CC1(C)CCCN(CCCCC(C)(CO)NC2CC2)CC1. The minimum absolute atomic E-state index is 0.0536. The molecule has 0 amide bonds. The molecule has 0 radical (unpaired) electrons. The van der Waals surface area contributed by atoms with Gasteiger partial charge in [-0.05, 0) is 76.9 Å². The molecule has 2 fully saturated rings. The Labute approximate surface area is 131 Å². The van der Waals surface area contributed by atoms with Crippen molar-refractivity contribution in [1.29, 1.82) is 0 Å². The number of hydrogen-bond donors (Lipinski definition) is 2. The van der Waals surface area contributed by atoms with E-state index in [-0.39, 0.29) is 12.1 Å². The molecular formula is C18H36N2O. The lowest BCUT2D eigenvalue weighted by Crippen LogP contribution is -2.47. The summed E-state index contributed by atoms with van der Waals surface area (Å²) in [6.45, 7) is 11.0. The minimum Gasteiger partial charge on any atom is -0.394 e. The lowest BCUT2D eigenvalue weighted by Gasteiger charge is -2.29. The van der Waals surface area contributed by atoms with Crippen LogP contribution in [-0.2, 0) is 0 Å². The minimum atomic E-state index is -0.0536. The van der Waals surface area contributed by atoms with E-state index in [1.807, 2.05) is 0 Å². The van der Waals surface area contributed by atoms with Gasteiger partial charge >= 0.3 is 0 Å². The highest BCUT2D eigenvalue weighted by Gasteiger charge is 2.31. The Morgan fingerprint density at radius 1 is 1.19 bits per heavy atom. The van der Waals surface area contributed by atoms with Gasteiger partial charge in [0.05, 0.1) is 6.61 Å². The van der Waals surface area contributed by atoms with Gasteiger partial charge in [0.2, 0.25) is 0 Å². The van der Waals surface area contributed by atoms with E-state index in [9.17, 15) is 5.11 Å². The van der Waals surface area contributed by atoms with Crippen molar-refractivity contribution in [2.24, 2.45) is 5.41 Å². The second-order valence-corrected chi connectivity index (χ2v) is 8.45. The maximum Gasteiger partial charge on any atom is 0.0610 e. The van der Waals surface area contributed by atoms with Gasteiger partial charge in [-0.15, -0.1) is 0 Å². The van der Waals surface area contributed by atoms with Gasteiger partial charge in [0.15, 0.2) is 0 Å². The van der Waals surface area contributed by atoms with Gasteiger partial charge in [0.25, 0.3) is 0 Å². The molecule has 1 atom stereocenters. The first-order chi connectivity index (χ1) is 9.92. The van der Waals surface area contributed by atoms with Crippen LogP contribution in [0.1, 0.15) is 72.1 Å². The fourth-order valence-corrected chi connectivity index (χ4v) is 3.47. The second kappa shape index (κ2) is 7.43. The lowest BCUT2D eigenvalue weighted by molar-refractivity contribution is 0.158. The maximum absolute atomic E-state index is 9.63. The summed E-state index contributed by atoms with van der Waals surface area (Å²) in [5, 5.41) is 13.2. The molecule has 1 heterocycles. The molecule has 1 aliphatic heterocycles. The van der Waals surface area contributed by atoms with Crippen LogP contribution in [0.5, 0.6) is 0 Å². The van der Waals surface area contributed by atoms with E-state index in [1.54, 1.807) is 0 Å². The Hall–Kier alpha value is -0.120. The normalized spacial score (nSPS) is 26.3. The fourth-order valence-electron chi connectivity index (χ4n) is 3.47. The van der Waals surface area contributed by atoms with Crippen LogP contribution in [0.15, 0.2) is 0 Å². The Morgan fingerprint density at radius 2 is 1.95 bits per heavy atom. The molecule has 1 saturated carbocycles. The summed E-state index contributed by atoms with van der Waals surface area (Å²) in [7, 11) is 0. The van der Waals surface area contributed by atoms with Crippen molar-refractivity contribution in [2.75, 3.05) is 26.2 Å². The molecule has 0 aromatic rings. The smallest absolute Gasteiger partial charge is 0.0610 e. The third-order valence-electron chi connectivity index (χ3n) is 5.36. The Balaban J connectivity index is 1.62. The molecule has 3 nitrogen and oxygen atoms in total. The van der Waals surface area contributed by atoms with Crippen LogP contribution in [0.2, 0.25) is 0 Å². The van der Waals surface area contributed by atoms with Crippen LogP contribution >= 0.6 is 0 Å². The summed E-state index contributed by atoms with van der Waals surface area (Å²) in [5.74, 6) is 0. The van der Waals surface area contributed by atoms with Gasteiger partial charge in [-0.2, -0.15) is 0 Å². The number of nitrogens with zero attached hydrogens (tertiary/aromatic N) is 1. The number of aliphatic hydroxyl groups excluding tert-OH is 1. The molecule has 1 aliphatic carbocycles. The molecule has 1 unspecified atom stereocenters. The van der Waals surface area contributed by atoms with Gasteiger partial charge in [-0.1, -0.05) is 20.3 Å². The number of rotatable bonds is 8. The predicted molar refractivity (Wildman–Crippen MR) is 89.6 cm³/mol. The van der Waals surface area contributed by atoms with E-state index in [4.69, 9.17) is 0 Å². The summed E-state index contributed by atoms with van der Waals surface area (Å²) >= 11 is 0. The van der Waals surface area contributed by atoms with Gasteiger partial charge in [-0.25, -0.2) is 0 Å². The predicted octanol–water partition coefficient (Wildman–Crippen LogP) is 3.17. The standard InChI is InChI=1S/C18H36N2O/c1-17(2)9-6-13-20(14-11-17)12-5-4-10-18(3,15-21)19-16-7-8-16/h16,19,21H,4-15H2,1-3H3. The average molecular weight is 296 g/mol. The van der Waals surface area contributed by atoms with E-state index < -0.39 is 0 Å². The molecule has 124 valence electrons. The molecule has 0 aromatic carbocycles. The van der Waals surface area contributed by atoms with E-state index in [1.165, 1.54) is 64.6 Å². The summed E-state index contributed by atoms with van der Waals surface area (Å²) in [6, 6.07) is 0.676. The van der Waals surface area contributed by atoms with Gasteiger partial charge in [0, 0.05) is 11.6 Å². The van der Waals surface area contributed by atoms with Crippen LogP contribution < -0.4 is 5.32 Å². The Bertz CT molecular complexity index is 314. The summed E-state index contributed by atoms with van der Waals surface area (Å²) in [6.07, 6.45) is 10.2. The zero-order valence-corrected chi connectivity index (χ0v) is 14.5. The van der Waals surface area contributed by atoms with Crippen LogP contribution in [0.3, 0.4) is 0 Å². The molecule has 2 aliphatic rings. The van der Waals surface area contributed by atoms with Gasteiger partial charge in [0.1, 0.15) is 0 Å². The topological polar surface area (TPSA) is 35.5 Å². The second-order valence-electron chi connectivity index (χ2n) is 8.45. The van der Waals surface area contributed by atoms with E-state index in [0.717, 1.165) is 6.42 Å². The molecular weight excluding hydrogens is 260 g/mol. The number of unbranched alkanes of at least 4 members (excludes halogenated alkanes) is 1. The van der Waals surface area contributed by atoms with Gasteiger partial charge < -0.3 is 15.3 Å². The van der Waals surface area contributed by atoms with E-state index in [2.05, 4.69) is 31.0 Å². The Morgan fingerprint density at radius 3 is 2.62 bits per heavy atom. The molecule has 0 spiro atoms. The lowest BCUT2D eigenvalue weighted by atomic mass is 9.85. The van der Waals surface area contributed by atoms with Crippen molar-refractivity contribution < 1.29 is 5.11 Å². The number of hydrogen-bond acceptors (Lipinski definition) is 3. The highest BCUT2D eigenvalue weighted by atomic mass is 16.3. The van der Waals surface area contributed by atoms with E-state index >= 15 is 0 Å². The molecule has 1 saturated heterocycles. The summed E-state index contributed by atoms with van der Waals surface area (Å²) in [4.78, 5) is 2.65. The summed E-state index contributed by atoms with van der Waals surface area (Å²) in [5.41, 5.74) is 0.486. The van der Waals surface area contributed by atoms with E-state index in [0.29, 0.717) is 11.5 Å². The monoisotopic (exact) mass is 296 g/mol. The van der Waals surface area contributed by atoms with Crippen molar-refractivity contribution in [2.45, 2.75) is 83.7 Å². The zero-order chi connectivity index (χ0) is 15.3. The molecule has 0 bridgehead atoms. The van der Waals surface area contributed by atoms with Crippen molar-refractivity contribution in [3.63, 3.8) is 0 Å². The van der Waals surface area contributed by atoms with Crippen LogP contribution in [0.25, 0.3) is 0 Å². The maximum atomic E-state index is 9.63. The van der Waals surface area contributed by atoms with Crippen LogP contribution in [0, 0.1) is 5.41 Å². The van der Waals surface area contributed by atoms with Gasteiger partial charge in [-0.3, -0.25) is 0 Å². The first-order valence-electron chi connectivity index (χ1n) is 9.03. The van der Waals surface area contributed by atoms with Crippen molar-refractivity contribution in [3.05, 3.63) is 0 Å². The fraction of sp³-hybridized carbons (Fsp3) is 1.00. The highest BCUT2D eigenvalue weighted by molar-refractivity contribution is 4.92. The third-order valence-corrected chi connectivity index (χ3v) is 5.36. The average Bonchev–Trinajstić information content (AvgIpc) is 3.24. The molecule has 2 rings (SSSR count). The quantitative estimate of drug-likeness (QED) is 0.675. The summed E-state index contributed by atoms with van der Waals surface area (Å²) < 4.78 is 0. The number of aliphatic hydroxyl groups is 1. The molecule has 0 aromatic heterocycles. The molecule has 3 heteroatoms.